The van der Waals surface area contributed by atoms with Crippen molar-refractivity contribution in [3.8, 4) is 5.75 Å². The summed E-state index contributed by atoms with van der Waals surface area (Å²) in [7, 11) is 0. The number of benzene rings is 2. The second-order valence-electron chi connectivity index (χ2n) is 4.99. The molecular weight excluding hydrogens is 340 g/mol. The molecule has 1 atom stereocenters. The minimum Gasteiger partial charge on any atom is -0.493 e. The van der Waals surface area contributed by atoms with Gasteiger partial charge in [0, 0.05) is 21.5 Å². The van der Waals surface area contributed by atoms with Gasteiger partial charge in [0.25, 0.3) is 0 Å². The molecule has 0 spiro atoms. The van der Waals surface area contributed by atoms with E-state index in [1.807, 2.05) is 31.2 Å². The van der Waals surface area contributed by atoms with Crippen molar-refractivity contribution < 1.29 is 9.84 Å². The van der Waals surface area contributed by atoms with Gasteiger partial charge in [0.05, 0.1) is 6.61 Å². The van der Waals surface area contributed by atoms with E-state index in [-0.39, 0.29) is 0 Å². The third-order valence-electron chi connectivity index (χ3n) is 3.60. The van der Waals surface area contributed by atoms with Gasteiger partial charge >= 0.3 is 0 Å². The van der Waals surface area contributed by atoms with Crippen LogP contribution >= 0.6 is 27.5 Å². The van der Waals surface area contributed by atoms with Gasteiger partial charge in [-0.3, -0.25) is 0 Å². The van der Waals surface area contributed by atoms with E-state index >= 15 is 0 Å². The number of halogens is 2. The fourth-order valence-corrected chi connectivity index (χ4v) is 3.34. The molecule has 0 aromatic heterocycles. The van der Waals surface area contributed by atoms with Gasteiger partial charge in [-0.25, -0.2) is 0 Å². The first-order chi connectivity index (χ1) is 9.56. The summed E-state index contributed by atoms with van der Waals surface area (Å²) in [5.74, 6) is 0.782. The van der Waals surface area contributed by atoms with Crippen molar-refractivity contribution in [3.05, 3.63) is 62.1 Å². The zero-order valence-corrected chi connectivity index (χ0v) is 13.3. The largest absolute Gasteiger partial charge is 0.493 e. The Labute approximate surface area is 131 Å². The van der Waals surface area contributed by atoms with Crippen LogP contribution in [-0.2, 0) is 6.42 Å². The molecule has 104 valence electrons. The highest BCUT2D eigenvalue weighted by Crippen LogP contribution is 2.39. The molecule has 2 aromatic rings. The Kier molecular flexibility index (Phi) is 3.76. The SMILES string of the molecule is Cc1cc(Br)ccc1C(O)c1cc(Cl)cc2c1OCC2. The molecule has 0 aliphatic carbocycles. The summed E-state index contributed by atoms with van der Waals surface area (Å²) in [4.78, 5) is 0. The zero-order valence-electron chi connectivity index (χ0n) is 11.0. The summed E-state index contributed by atoms with van der Waals surface area (Å²) < 4.78 is 6.66. The number of hydrogen-bond donors (Lipinski definition) is 1. The highest BCUT2D eigenvalue weighted by Gasteiger charge is 2.24. The average Bonchev–Trinajstić information content (AvgIpc) is 2.85. The van der Waals surface area contributed by atoms with Crippen molar-refractivity contribution in [3.63, 3.8) is 0 Å². The second kappa shape index (κ2) is 5.40. The van der Waals surface area contributed by atoms with Crippen molar-refractivity contribution >= 4 is 27.5 Å². The second-order valence-corrected chi connectivity index (χ2v) is 6.34. The van der Waals surface area contributed by atoms with E-state index in [2.05, 4.69) is 15.9 Å². The molecule has 0 fully saturated rings. The molecular formula is C16H14BrClO2. The summed E-state index contributed by atoms with van der Waals surface area (Å²) in [5.41, 5.74) is 3.71. The maximum Gasteiger partial charge on any atom is 0.128 e. The Balaban J connectivity index is 2.09. The van der Waals surface area contributed by atoms with Crippen molar-refractivity contribution in [1.29, 1.82) is 0 Å². The van der Waals surface area contributed by atoms with Gasteiger partial charge < -0.3 is 9.84 Å². The van der Waals surface area contributed by atoms with Crippen LogP contribution in [0.3, 0.4) is 0 Å². The van der Waals surface area contributed by atoms with E-state index < -0.39 is 6.10 Å². The van der Waals surface area contributed by atoms with Crippen molar-refractivity contribution in [1.82, 2.24) is 0 Å². The van der Waals surface area contributed by atoms with Crippen LogP contribution in [0.1, 0.15) is 28.4 Å². The fraction of sp³-hybridized carbons (Fsp3) is 0.250. The topological polar surface area (TPSA) is 29.5 Å². The normalized spacial score (nSPS) is 14.8. The fourth-order valence-electron chi connectivity index (χ4n) is 2.61. The first kappa shape index (κ1) is 13.9. The van der Waals surface area contributed by atoms with Crippen LogP contribution in [0.15, 0.2) is 34.8 Å². The van der Waals surface area contributed by atoms with E-state index in [0.717, 1.165) is 38.9 Å². The molecule has 2 nitrogen and oxygen atoms in total. The predicted molar refractivity (Wildman–Crippen MR) is 83.6 cm³/mol. The first-order valence-electron chi connectivity index (χ1n) is 6.45. The minimum atomic E-state index is -0.728. The quantitative estimate of drug-likeness (QED) is 0.865. The molecule has 4 heteroatoms. The van der Waals surface area contributed by atoms with Crippen LogP contribution in [-0.4, -0.2) is 11.7 Å². The van der Waals surface area contributed by atoms with Gasteiger partial charge in [0.1, 0.15) is 11.9 Å². The van der Waals surface area contributed by atoms with E-state index in [0.29, 0.717) is 11.6 Å². The lowest BCUT2D eigenvalue weighted by atomic mass is 9.95. The average molecular weight is 354 g/mol. The van der Waals surface area contributed by atoms with Crippen molar-refractivity contribution in [2.75, 3.05) is 6.61 Å². The summed E-state index contributed by atoms with van der Waals surface area (Å²) in [5, 5.41) is 11.3. The summed E-state index contributed by atoms with van der Waals surface area (Å²) in [6.45, 7) is 2.63. The van der Waals surface area contributed by atoms with Gasteiger partial charge in [-0.15, -0.1) is 0 Å². The minimum absolute atomic E-state index is 0.637. The van der Waals surface area contributed by atoms with Crippen LogP contribution in [0.2, 0.25) is 5.02 Å². The summed E-state index contributed by atoms with van der Waals surface area (Å²) in [6.07, 6.45) is 0.114. The summed E-state index contributed by atoms with van der Waals surface area (Å²) in [6, 6.07) is 9.54. The Morgan fingerprint density at radius 2 is 2.05 bits per heavy atom. The van der Waals surface area contributed by atoms with Gasteiger partial charge in [0.2, 0.25) is 0 Å². The highest BCUT2D eigenvalue weighted by atomic mass is 79.9. The zero-order chi connectivity index (χ0) is 14.3. The lowest BCUT2D eigenvalue weighted by Crippen LogP contribution is -2.04. The third kappa shape index (κ3) is 2.46. The van der Waals surface area contributed by atoms with E-state index in [1.165, 1.54) is 0 Å². The number of aliphatic hydroxyl groups excluding tert-OH is 1. The van der Waals surface area contributed by atoms with Gasteiger partial charge in [0.15, 0.2) is 0 Å². The molecule has 3 rings (SSSR count). The smallest absolute Gasteiger partial charge is 0.128 e. The van der Waals surface area contributed by atoms with Crippen LogP contribution in [0, 0.1) is 6.92 Å². The lowest BCUT2D eigenvalue weighted by Gasteiger charge is -2.17. The maximum absolute atomic E-state index is 10.7. The van der Waals surface area contributed by atoms with Crippen LogP contribution in [0.4, 0.5) is 0 Å². The van der Waals surface area contributed by atoms with Crippen molar-refractivity contribution in [2.24, 2.45) is 0 Å². The predicted octanol–water partition coefficient (Wildman–Crippen LogP) is 4.43. The Bertz CT molecular complexity index is 670. The maximum atomic E-state index is 10.7. The Hall–Kier alpha value is -1.03. The number of ether oxygens (including phenoxy) is 1. The molecule has 0 saturated carbocycles. The number of fused-ring (bicyclic) bond motifs is 1. The van der Waals surface area contributed by atoms with E-state index in [1.54, 1.807) is 6.07 Å². The Morgan fingerprint density at radius 1 is 1.25 bits per heavy atom. The third-order valence-corrected chi connectivity index (χ3v) is 4.31. The van der Waals surface area contributed by atoms with E-state index in [4.69, 9.17) is 16.3 Å². The van der Waals surface area contributed by atoms with Crippen molar-refractivity contribution in [2.45, 2.75) is 19.4 Å². The number of aryl methyl sites for hydroxylation is 1. The molecule has 0 bridgehead atoms. The molecule has 0 radical (unpaired) electrons. The monoisotopic (exact) mass is 352 g/mol. The summed E-state index contributed by atoms with van der Waals surface area (Å²) >= 11 is 9.59. The van der Waals surface area contributed by atoms with Gasteiger partial charge in [-0.1, -0.05) is 33.6 Å². The Morgan fingerprint density at radius 3 is 2.80 bits per heavy atom. The lowest BCUT2D eigenvalue weighted by molar-refractivity contribution is 0.213. The van der Waals surface area contributed by atoms with Gasteiger partial charge in [-0.2, -0.15) is 0 Å². The molecule has 0 amide bonds. The molecule has 1 unspecified atom stereocenters. The van der Waals surface area contributed by atoms with Crippen LogP contribution in [0.25, 0.3) is 0 Å². The molecule has 1 N–H and O–H groups in total. The number of aliphatic hydroxyl groups is 1. The molecule has 2 aromatic carbocycles. The number of rotatable bonds is 2. The van der Waals surface area contributed by atoms with Gasteiger partial charge in [-0.05, 0) is 47.9 Å². The molecule has 0 saturated heterocycles. The highest BCUT2D eigenvalue weighted by molar-refractivity contribution is 9.10. The van der Waals surface area contributed by atoms with Crippen LogP contribution < -0.4 is 4.74 Å². The molecule has 1 heterocycles. The molecule has 1 aliphatic heterocycles. The first-order valence-corrected chi connectivity index (χ1v) is 7.62. The molecule has 1 aliphatic rings. The van der Waals surface area contributed by atoms with E-state index in [9.17, 15) is 5.11 Å². The number of hydrogen-bond acceptors (Lipinski definition) is 2. The van der Waals surface area contributed by atoms with Crippen LogP contribution in [0.5, 0.6) is 5.75 Å². The molecule has 20 heavy (non-hydrogen) atoms. The standard InChI is InChI=1S/C16H14BrClO2/c1-9-6-11(17)2-3-13(9)15(19)14-8-12(18)7-10-4-5-20-16(10)14/h2-3,6-8,15,19H,4-5H2,1H3.